The van der Waals surface area contributed by atoms with Crippen LogP contribution in [0, 0.1) is 0 Å². The summed E-state index contributed by atoms with van der Waals surface area (Å²) >= 11 is 21.5. The van der Waals surface area contributed by atoms with Gasteiger partial charge >= 0.3 is 0 Å². The zero-order valence-electron chi connectivity index (χ0n) is 26.2. The van der Waals surface area contributed by atoms with Gasteiger partial charge in [-0.25, -0.2) is 5.11 Å². The van der Waals surface area contributed by atoms with E-state index in [-0.39, 0.29) is 35.4 Å². The number of hydrogen-bond donors (Lipinski definition) is 4. The molecule has 49 heavy (non-hydrogen) atoms. The minimum atomic E-state index is -0.729. The Labute approximate surface area is 303 Å². The Kier molecular flexibility index (Phi) is 23.1. The molecule has 2 aliphatic rings. The summed E-state index contributed by atoms with van der Waals surface area (Å²) in [6, 6.07) is 21.0. The molecule has 0 unspecified atom stereocenters. The van der Waals surface area contributed by atoms with Crippen LogP contribution in [0.1, 0.15) is 19.8 Å². The van der Waals surface area contributed by atoms with Gasteiger partial charge in [-0.15, -0.1) is 0 Å². The molecule has 3 aromatic rings. The van der Waals surface area contributed by atoms with Crippen molar-refractivity contribution in [2.24, 2.45) is 0 Å². The van der Waals surface area contributed by atoms with Crippen LogP contribution in [0.5, 0.6) is 28.7 Å². The molecular weight excluding hydrogens is 722 g/mol. The molecule has 5 rings (SSSR count). The number of phenols is 4. The largest absolute Gasteiger partial charge is 0.508 e. The van der Waals surface area contributed by atoms with Crippen LogP contribution < -0.4 is 4.74 Å². The van der Waals surface area contributed by atoms with Crippen molar-refractivity contribution in [3.63, 3.8) is 0 Å². The number of ether oxygens (including phenoxy) is 1. The summed E-state index contributed by atoms with van der Waals surface area (Å²) in [5, 5.41) is 42.7. The Hall–Kier alpha value is -4.58. The zero-order valence-corrected chi connectivity index (χ0v) is 29.2. The number of carbonyl (C=O) groups excluding carboxylic acids is 4. The van der Waals surface area contributed by atoms with E-state index >= 15 is 0 Å². The molecule has 0 amide bonds. The molecule has 0 fully saturated rings. The second-order valence-electron chi connectivity index (χ2n) is 8.99. The number of carbonyl (C=O) groups is 4. The van der Waals surface area contributed by atoms with E-state index in [1.165, 1.54) is 48.6 Å². The van der Waals surface area contributed by atoms with Crippen molar-refractivity contribution >= 4 is 69.5 Å². The van der Waals surface area contributed by atoms with Gasteiger partial charge in [0.1, 0.15) is 48.9 Å². The van der Waals surface area contributed by atoms with Crippen molar-refractivity contribution < 1.29 is 49.4 Å². The standard InChI is InChI=1S/C7H8O2.C6Cl4O2.C6H6O2.C6H4O2.C6H6O.C4H9O/c1-9-7-4-2-6(8)3-5-7;7-1-2(8)6(12)4(10)3(9)5(1)11;2*7-5-1-2-6(8)4-3-5;7-6-4-2-1-3-5-6;1-2-3-4-5/h2-5,8H,1H3;;1-4,7-8H;1-4H;1-5,7H;2-4H2,1H3. The topological polar surface area (TPSA) is 178 Å². The Morgan fingerprint density at radius 3 is 1.06 bits per heavy atom. The molecular formula is C35H33Cl4O10. The Bertz CT molecular complexity index is 1490. The molecule has 0 bridgehead atoms. The number of phenolic OH excluding ortho intramolecular Hbond substituents is 4. The molecule has 0 atom stereocenters. The van der Waals surface area contributed by atoms with Gasteiger partial charge in [-0.1, -0.05) is 77.9 Å². The molecule has 4 N–H and O–H groups in total. The lowest BCUT2D eigenvalue weighted by molar-refractivity contribution is -0.114. The smallest absolute Gasteiger partial charge is 0.219 e. The fourth-order valence-corrected chi connectivity index (χ4v) is 3.46. The molecule has 0 heterocycles. The molecule has 2 aliphatic carbocycles. The van der Waals surface area contributed by atoms with E-state index in [9.17, 15) is 24.3 Å². The highest BCUT2D eigenvalue weighted by molar-refractivity contribution is 6.69. The SMILES string of the molecule is CCCC[O].COc1ccc(O)cc1.O=C1C(Cl)=C(Cl)C(=O)C(Cl)=C1Cl.O=C1C=CC(=O)C=C1.Oc1ccc(O)cc1.Oc1ccccc1. The van der Waals surface area contributed by atoms with E-state index in [0.717, 1.165) is 18.6 Å². The second kappa shape index (κ2) is 25.4. The van der Waals surface area contributed by atoms with Gasteiger partial charge in [0, 0.05) is 0 Å². The molecule has 10 nitrogen and oxygen atoms in total. The number of methoxy groups -OCH3 is 1. The van der Waals surface area contributed by atoms with Crippen LogP contribution in [0.15, 0.2) is 123 Å². The van der Waals surface area contributed by atoms with Crippen LogP contribution in [-0.2, 0) is 24.3 Å². The quantitative estimate of drug-likeness (QED) is 0.153. The van der Waals surface area contributed by atoms with Crippen molar-refractivity contribution in [2.75, 3.05) is 13.7 Å². The number of halogens is 4. The first kappa shape index (κ1) is 44.4. The number of aromatic hydroxyl groups is 4. The number of allylic oxidation sites excluding steroid dienone is 8. The van der Waals surface area contributed by atoms with E-state index in [0.29, 0.717) is 5.75 Å². The number of ketones is 4. The maximum absolute atomic E-state index is 11.0. The van der Waals surface area contributed by atoms with E-state index in [1.54, 1.807) is 55.6 Å². The zero-order chi connectivity index (χ0) is 37.4. The first-order valence-electron chi connectivity index (χ1n) is 13.9. The minimum absolute atomic E-state index is 0.0938. The summed E-state index contributed by atoms with van der Waals surface area (Å²) < 4.78 is 4.86. The van der Waals surface area contributed by atoms with Crippen LogP contribution in [0.4, 0.5) is 0 Å². The summed E-state index contributed by atoms with van der Waals surface area (Å²) in [6.45, 7) is 2.11. The van der Waals surface area contributed by atoms with Crippen LogP contribution in [0.2, 0.25) is 0 Å². The molecule has 0 spiro atoms. The van der Waals surface area contributed by atoms with Gasteiger partial charge in [0.25, 0.3) is 0 Å². The molecule has 14 heteroatoms. The first-order chi connectivity index (χ1) is 23.2. The second-order valence-corrected chi connectivity index (χ2v) is 10.5. The average molecular weight is 755 g/mol. The van der Waals surface area contributed by atoms with Crippen LogP contribution in [0.3, 0.4) is 0 Å². The normalized spacial score (nSPS) is 12.8. The molecule has 0 saturated heterocycles. The highest BCUT2D eigenvalue weighted by Crippen LogP contribution is 2.32. The monoisotopic (exact) mass is 753 g/mol. The van der Waals surface area contributed by atoms with E-state index < -0.39 is 31.7 Å². The van der Waals surface area contributed by atoms with Gasteiger partial charge in [0.2, 0.25) is 11.6 Å². The third-order valence-electron chi connectivity index (χ3n) is 5.18. The van der Waals surface area contributed by atoms with Gasteiger partial charge in [-0.05, 0) is 91.4 Å². The van der Waals surface area contributed by atoms with Crippen LogP contribution in [0.25, 0.3) is 0 Å². The van der Waals surface area contributed by atoms with Crippen LogP contribution in [-0.4, -0.2) is 57.3 Å². The third-order valence-corrected chi connectivity index (χ3v) is 6.82. The van der Waals surface area contributed by atoms with E-state index in [4.69, 9.17) is 71.6 Å². The summed E-state index contributed by atoms with van der Waals surface area (Å²) in [5.74, 6) is -0.0215. The summed E-state index contributed by atoms with van der Waals surface area (Å²) in [5.41, 5.74) is 0. The predicted octanol–water partition coefficient (Wildman–Crippen LogP) is 7.88. The Morgan fingerprint density at radius 2 is 0.837 bits per heavy atom. The van der Waals surface area contributed by atoms with E-state index in [1.807, 2.05) is 13.0 Å². The molecule has 0 saturated carbocycles. The van der Waals surface area contributed by atoms with Crippen LogP contribution >= 0.6 is 46.4 Å². The summed E-state index contributed by atoms with van der Waals surface area (Å²) in [7, 11) is 1.59. The average Bonchev–Trinajstić information content (AvgIpc) is 3.11. The number of rotatable bonds is 3. The highest BCUT2D eigenvalue weighted by Gasteiger charge is 2.31. The third kappa shape index (κ3) is 19.7. The molecule has 1 radical (unpaired) electrons. The van der Waals surface area contributed by atoms with Gasteiger partial charge < -0.3 is 25.2 Å². The lowest BCUT2D eigenvalue weighted by atomic mass is 10.1. The fourth-order valence-electron chi connectivity index (χ4n) is 2.64. The maximum atomic E-state index is 11.0. The Morgan fingerprint density at radius 1 is 0.531 bits per heavy atom. The van der Waals surface area contributed by atoms with Gasteiger partial charge in [-0.3, -0.25) is 19.2 Å². The summed E-state index contributed by atoms with van der Waals surface area (Å²) in [6.07, 6.45) is 6.87. The lowest BCUT2D eigenvalue weighted by Gasteiger charge is -2.08. The lowest BCUT2D eigenvalue weighted by Crippen LogP contribution is -2.14. The molecule has 261 valence electrons. The van der Waals surface area contributed by atoms with Crippen molar-refractivity contribution in [1.82, 2.24) is 0 Å². The van der Waals surface area contributed by atoms with Crippen molar-refractivity contribution in [2.45, 2.75) is 19.8 Å². The summed E-state index contributed by atoms with van der Waals surface area (Å²) in [4.78, 5) is 42.5. The highest BCUT2D eigenvalue weighted by atomic mass is 35.5. The maximum Gasteiger partial charge on any atom is 0.219 e. The van der Waals surface area contributed by atoms with Crippen molar-refractivity contribution in [3.05, 3.63) is 123 Å². The minimum Gasteiger partial charge on any atom is -0.508 e. The van der Waals surface area contributed by atoms with E-state index in [2.05, 4.69) is 0 Å². The predicted molar refractivity (Wildman–Crippen MR) is 189 cm³/mol. The number of Topliss-reactive ketones (excluding diaryl/α,β-unsaturated/α-hetero) is 2. The van der Waals surface area contributed by atoms with Gasteiger partial charge in [0.15, 0.2) is 11.6 Å². The van der Waals surface area contributed by atoms with Crippen molar-refractivity contribution in [1.29, 1.82) is 0 Å². The fraction of sp³-hybridized carbons (Fsp3) is 0.143. The number of para-hydroxylation sites is 1. The first-order valence-corrected chi connectivity index (χ1v) is 15.5. The molecule has 0 aliphatic heterocycles. The van der Waals surface area contributed by atoms with Crippen molar-refractivity contribution in [3.8, 4) is 28.7 Å². The molecule has 0 aromatic heterocycles. The van der Waals surface area contributed by atoms with Gasteiger partial charge in [-0.2, -0.15) is 0 Å². The number of hydrogen-bond acceptors (Lipinski definition) is 9. The number of unbranched alkanes of at least 4 members (excludes halogenated alkanes) is 1. The Balaban J connectivity index is 0.000000575. The number of benzene rings is 3. The van der Waals surface area contributed by atoms with Gasteiger partial charge in [0.05, 0.1) is 13.7 Å². The molecule has 3 aromatic carbocycles.